The zero-order chi connectivity index (χ0) is 37.6. The maximum atomic E-state index is 15.3. The number of nitrogens with two attached hydrogens (primary N) is 1. The van der Waals surface area contributed by atoms with E-state index < -0.39 is 76.6 Å². The van der Waals surface area contributed by atoms with Crippen LogP contribution in [0.5, 0.6) is 0 Å². The largest absolute Gasteiger partial charge is 0.435 e. The number of nitrogens with zero attached hydrogens (tertiary/aromatic N) is 5. The number of rotatable bonds is 7. The molecule has 9 nitrogen and oxygen atoms in total. The second kappa shape index (κ2) is 12.1. The van der Waals surface area contributed by atoms with Crippen LogP contribution in [0.4, 0.5) is 36.6 Å². The fourth-order valence-corrected chi connectivity index (χ4v) is 7.59. The third kappa shape index (κ3) is 6.06. The van der Waals surface area contributed by atoms with E-state index >= 15 is 8.78 Å². The van der Waals surface area contributed by atoms with E-state index in [0.717, 1.165) is 18.6 Å². The number of carbonyl (C=O) groups is 1. The molecule has 0 bridgehead atoms. The van der Waals surface area contributed by atoms with Gasteiger partial charge in [-0.1, -0.05) is 18.1 Å². The highest BCUT2D eigenvalue weighted by molar-refractivity contribution is 6.00. The monoisotopic (exact) mass is 737 g/mol. The molecule has 0 saturated heterocycles. The molecule has 2 saturated carbocycles. The molecular formula is C37H30F7N7O2. The summed E-state index contributed by atoms with van der Waals surface area (Å²) in [5.74, 6) is -2.87. The number of aryl methyl sites for hydroxylation is 1. The number of alkyl halides is 5. The molecule has 16 heteroatoms. The summed E-state index contributed by atoms with van der Waals surface area (Å²) in [6.07, 6.45) is -3.73. The Kier molecular flexibility index (Phi) is 7.88. The van der Waals surface area contributed by atoms with E-state index in [-0.39, 0.29) is 35.6 Å². The lowest BCUT2D eigenvalue weighted by Gasteiger charge is -2.30. The molecule has 8 rings (SSSR count). The highest BCUT2D eigenvalue weighted by atomic mass is 19.4. The van der Waals surface area contributed by atoms with Crippen LogP contribution in [0.3, 0.4) is 0 Å². The Labute approximate surface area is 297 Å². The second-order valence-corrected chi connectivity index (χ2v) is 13.9. The summed E-state index contributed by atoms with van der Waals surface area (Å²) in [5, 5.41) is 21.7. The molecule has 5 aromatic rings. The lowest BCUT2D eigenvalue weighted by molar-refractivity contribution is -0.142. The van der Waals surface area contributed by atoms with Gasteiger partial charge in [-0.05, 0) is 79.8 Å². The number of hydrogen-bond acceptors (Lipinski definition) is 6. The highest BCUT2D eigenvalue weighted by Crippen LogP contribution is 2.68. The van der Waals surface area contributed by atoms with E-state index in [1.807, 2.05) is 0 Å². The minimum absolute atomic E-state index is 0.0785. The van der Waals surface area contributed by atoms with Gasteiger partial charge in [0.25, 0.3) is 5.92 Å². The molecule has 0 aliphatic heterocycles. The van der Waals surface area contributed by atoms with E-state index in [0.29, 0.717) is 45.6 Å². The minimum Gasteiger partial charge on any atom is -0.382 e. The number of amides is 1. The van der Waals surface area contributed by atoms with Gasteiger partial charge >= 0.3 is 6.18 Å². The Balaban J connectivity index is 1.25. The Morgan fingerprint density at radius 1 is 1.09 bits per heavy atom. The molecule has 274 valence electrons. The first-order valence-electron chi connectivity index (χ1n) is 16.8. The number of aromatic nitrogens is 5. The summed E-state index contributed by atoms with van der Waals surface area (Å²) in [7, 11) is 1.67. The van der Waals surface area contributed by atoms with Crippen LogP contribution in [0.2, 0.25) is 0 Å². The Morgan fingerprint density at radius 2 is 1.83 bits per heavy atom. The zero-order valence-electron chi connectivity index (χ0n) is 27.9. The van der Waals surface area contributed by atoms with Crippen molar-refractivity contribution in [3.8, 4) is 23.0 Å². The van der Waals surface area contributed by atoms with Gasteiger partial charge in [0.2, 0.25) is 5.91 Å². The molecule has 0 unspecified atom stereocenters. The summed E-state index contributed by atoms with van der Waals surface area (Å²) < 4.78 is 103. The van der Waals surface area contributed by atoms with Gasteiger partial charge in [0.05, 0.1) is 17.3 Å². The number of carbonyl (C=O) groups excluding carboxylic acids is 1. The van der Waals surface area contributed by atoms with Gasteiger partial charge in [0, 0.05) is 41.1 Å². The molecule has 2 fully saturated rings. The summed E-state index contributed by atoms with van der Waals surface area (Å²) in [5.41, 5.74) is 3.85. The van der Waals surface area contributed by atoms with Crippen molar-refractivity contribution in [2.75, 3.05) is 5.73 Å². The predicted octanol–water partition coefficient (Wildman–Crippen LogP) is 6.29. The topological polar surface area (TPSA) is 124 Å². The molecular weight excluding hydrogens is 707 g/mol. The number of pyridine rings is 1. The van der Waals surface area contributed by atoms with Crippen LogP contribution < -0.4 is 11.1 Å². The lowest BCUT2D eigenvalue weighted by Crippen LogP contribution is -2.35. The van der Waals surface area contributed by atoms with Gasteiger partial charge in [0.15, 0.2) is 11.5 Å². The number of anilines is 1. The maximum absolute atomic E-state index is 15.3. The Morgan fingerprint density at radius 3 is 2.51 bits per heavy atom. The normalized spacial score (nSPS) is 19.9. The smallest absolute Gasteiger partial charge is 0.382 e. The molecule has 3 heterocycles. The first kappa shape index (κ1) is 34.6. The average molecular weight is 738 g/mol. The summed E-state index contributed by atoms with van der Waals surface area (Å²) >= 11 is 0. The van der Waals surface area contributed by atoms with Crippen LogP contribution >= 0.6 is 0 Å². The first-order valence-corrected chi connectivity index (χ1v) is 16.8. The molecule has 3 atom stereocenters. The molecule has 3 aromatic heterocycles. The minimum atomic E-state index is -5.04. The summed E-state index contributed by atoms with van der Waals surface area (Å²) in [6.45, 7) is -1.02. The van der Waals surface area contributed by atoms with Crippen LogP contribution in [-0.2, 0) is 36.9 Å². The second-order valence-electron chi connectivity index (χ2n) is 13.9. The van der Waals surface area contributed by atoms with Crippen LogP contribution in [0, 0.1) is 29.4 Å². The zero-order valence-corrected chi connectivity index (χ0v) is 27.9. The standard InChI is InChI=1S/C37H30F7N7O2/c1-50-31-23(4-2-5-24(31)34(45)49-50)22-7-6-21(8-11-35(53)9-3-10-35)46-30(22)27(14-18-12-19(38)15-20(39)13-18)47-28(52)17-51-33-29(32(48-51)37(42,43)44)25-16-26(25)36(33,40)41/h2,4-7,12-13,15,25-27,53H,3,9-10,14,16-17H2,1H3,(H2,45,49)(H,47,52)/t25-,26+,27-/m0/s1. The molecule has 0 spiro atoms. The fourth-order valence-electron chi connectivity index (χ4n) is 7.59. The number of hydrogen-bond donors (Lipinski definition) is 3. The van der Waals surface area contributed by atoms with Crippen molar-refractivity contribution in [3.63, 3.8) is 0 Å². The van der Waals surface area contributed by atoms with Gasteiger partial charge in [-0.3, -0.25) is 14.2 Å². The fraction of sp³-hybridized carbons (Fsp3) is 0.351. The number of nitrogens with one attached hydrogen (secondary N) is 1. The Hall–Kier alpha value is -5.43. The van der Waals surface area contributed by atoms with Gasteiger partial charge in [-0.15, -0.1) is 0 Å². The van der Waals surface area contributed by atoms with Crippen molar-refractivity contribution in [3.05, 3.63) is 94.1 Å². The van der Waals surface area contributed by atoms with Crippen LogP contribution in [0.25, 0.3) is 22.0 Å². The Bertz CT molecular complexity index is 2370. The number of aliphatic hydroxyl groups is 1. The predicted molar refractivity (Wildman–Crippen MR) is 177 cm³/mol. The molecule has 0 radical (unpaired) electrons. The number of benzene rings is 2. The maximum Gasteiger partial charge on any atom is 0.435 e. The summed E-state index contributed by atoms with van der Waals surface area (Å²) in [4.78, 5) is 18.6. The van der Waals surface area contributed by atoms with E-state index in [2.05, 4.69) is 27.4 Å². The molecule has 4 N–H and O–H groups in total. The van der Waals surface area contributed by atoms with Gasteiger partial charge in [-0.2, -0.15) is 32.1 Å². The SMILES string of the molecule is Cn1nc(N)c2cccc(-c3ccc(C#CC4(O)CCC4)nc3[C@H](Cc3cc(F)cc(F)c3)NC(=O)Cn3nc(C(F)(F)F)c4c3C(F)(F)[C@@H]3C[C@H]43)c21. The number of halogens is 7. The molecule has 2 aromatic carbocycles. The van der Waals surface area contributed by atoms with E-state index in [1.54, 1.807) is 42.1 Å². The summed E-state index contributed by atoms with van der Waals surface area (Å²) in [6, 6.07) is 9.95. The molecule has 1 amide bonds. The number of nitrogen functional groups attached to an aromatic ring is 1. The van der Waals surface area contributed by atoms with Crippen molar-refractivity contribution in [2.24, 2.45) is 13.0 Å². The van der Waals surface area contributed by atoms with Gasteiger partial charge in [-0.25, -0.2) is 13.8 Å². The van der Waals surface area contributed by atoms with E-state index in [9.17, 15) is 31.9 Å². The van der Waals surface area contributed by atoms with Gasteiger partial charge < -0.3 is 16.2 Å². The van der Waals surface area contributed by atoms with E-state index in [1.165, 1.54) is 0 Å². The third-order valence-corrected chi connectivity index (χ3v) is 10.2. The van der Waals surface area contributed by atoms with Crippen molar-refractivity contribution in [2.45, 2.75) is 68.3 Å². The van der Waals surface area contributed by atoms with E-state index in [4.69, 9.17) is 10.7 Å². The van der Waals surface area contributed by atoms with Crippen molar-refractivity contribution >= 4 is 22.6 Å². The van der Waals surface area contributed by atoms with Crippen LogP contribution in [0.1, 0.15) is 71.5 Å². The van der Waals surface area contributed by atoms with Crippen LogP contribution in [-0.4, -0.2) is 41.2 Å². The molecule has 3 aliphatic carbocycles. The quantitative estimate of drug-likeness (QED) is 0.133. The molecule has 53 heavy (non-hydrogen) atoms. The third-order valence-electron chi connectivity index (χ3n) is 10.2. The van der Waals surface area contributed by atoms with Crippen molar-refractivity contribution in [1.82, 2.24) is 29.9 Å². The van der Waals surface area contributed by atoms with Crippen molar-refractivity contribution < 1.29 is 40.6 Å². The first-order chi connectivity index (χ1) is 25.0. The van der Waals surface area contributed by atoms with Gasteiger partial charge in [0.1, 0.15) is 35.2 Å². The van der Waals surface area contributed by atoms with Crippen LogP contribution in [0.15, 0.2) is 48.5 Å². The number of para-hydroxylation sites is 1. The van der Waals surface area contributed by atoms with Crippen molar-refractivity contribution in [1.29, 1.82) is 0 Å². The lowest BCUT2D eigenvalue weighted by atomic mass is 9.81. The molecule has 3 aliphatic rings. The number of fused-ring (bicyclic) bond motifs is 4. The highest BCUT2D eigenvalue weighted by Gasteiger charge is 2.68. The average Bonchev–Trinajstić information content (AvgIpc) is 3.62.